The second-order valence-electron chi connectivity index (χ2n) is 6.96. The Bertz CT molecular complexity index is 938. The number of aromatic nitrogens is 3. The Hall–Kier alpha value is -2.93. The summed E-state index contributed by atoms with van der Waals surface area (Å²) < 4.78 is 0. The van der Waals surface area contributed by atoms with E-state index in [1.807, 2.05) is 30.3 Å². The Morgan fingerprint density at radius 2 is 1.97 bits per heavy atom. The molecule has 0 aliphatic carbocycles. The number of rotatable bonds is 6. The lowest BCUT2D eigenvalue weighted by molar-refractivity contribution is -0.125. The lowest BCUT2D eigenvalue weighted by Crippen LogP contribution is -2.43. The van der Waals surface area contributed by atoms with Crippen molar-refractivity contribution in [1.29, 1.82) is 0 Å². The number of amides is 1. The Labute approximate surface area is 174 Å². The second kappa shape index (κ2) is 9.52. The van der Waals surface area contributed by atoms with Crippen molar-refractivity contribution in [2.75, 3.05) is 18.0 Å². The van der Waals surface area contributed by atoms with Crippen LogP contribution in [0.25, 0.3) is 0 Å². The maximum atomic E-state index is 12.7. The van der Waals surface area contributed by atoms with Crippen molar-refractivity contribution in [2.24, 2.45) is 5.92 Å². The van der Waals surface area contributed by atoms with Gasteiger partial charge in [0.2, 0.25) is 5.91 Å². The normalized spacial score (nSPS) is 16.4. The highest BCUT2D eigenvalue weighted by Crippen LogP contribution is 2.33. The van der Waals surface area contributed by atoms with E-state index in [1.165, 1.54) is 0 Å². The van der Waals surface area contributed by atoms with Gasteiger partial charge >= 0.3 is 0 Å². The molecular weight excluding hydrogens is 382 g/mol. The van der Waals surface area contributed by atoms with Gasteiger partial charge in [-0.1, -0.05) is 36.0 Å². The van der Waals surface area contributed by atoms with Gasteiger partial charge in [-0.05, 0) is 36.6 Å². The number of piperidine rings is 1. The molecule has 1 atom stereocenters. The van der Waals surface area contributed by atoms with E-state index in [1.54, 1.807) is 36.5 Å². The minimum absolute atomic E-state index is 0.0583. The van der Waals surface area contributed by atoms with Crippen LogP contribution in [0.1, 0.15) is 18.4 Å². The average Bonchev–Trinajstić information content (AvgIpc) is 2.79. The summed E-state index contributed by atoms with van der Waals surface area (Å²) in [5, 5.41) is 3.92. The maximum absolute atomic E-state index is 12.7. The number of anilines is 1. The molecule has 1 aromatic carbocycles. The first-order valence-electron chi connectivity index (χ1n) is 9.75. The van der Waals surface area contributed by atoms with Crippen molar-refractivity contribution in [3.8, 4) is 0 Å². The van der Waals surface area contributed by atoms with Crippen LogP contribution >= 0.6 is 11.8 Å². The van der Waals surface area contributed by atoms with Gasteiger partial charge in [0.25, 0.3) is 0 Å². The van der Waals surface area contributed by atoms with E-state index in [0.29, 0.717) is 13.1 Å². The predicted molar refractivity (Wildman–Crippen MR) is 114 cm³/mol. The van der Waals surface area contributed by atoms with Crippen LogP contribution in [0.2, 0.25) is 0 Å². The zero-order valence-corrected chi connectivity index (χ0v) is 16.9. The number of hydrogen-bond donors (Lipinski definition) is 1. The molecule has 2 aromatic heterocycles. The van der Waals surface area contributed by atoms with E-state index in [2.05, 4.69) is 37.3 Å². The number of benzene rings is 1. The fraction of sp³-hybridized carbons (Fsp3) is 0.273. The maximum Gasteiger partial charge on any atom is 0.225 e. The summed E-state index contributed by atoms with van der Waals surface area (Å²) >= 11 is 1.60. The number of nitrogens with one attached hydrogen (secondary N) is 1. The number of carbonyl (C=O) groups is 1. The van der Waals surface area contributed by atoms with Crippen LogP contribution in [0.4, 0.5) is 5.82 Å². The Kier molecular flexibility index (Phi) is 6.36. The van der Waals surface area contributed by atoms with Gasteiger partial charge in [0.05, 0.1) is 5.92 Å². The zero-order valence-electron chi connectivity index (χ0n) is 16.1. The molecular formula is C22H23N5OS. The van der Waals surface area contributed by atoms with E-state index >= 15 is 0 Å². The largest absolute Gasteiger partial charge is 0.354 e. The van der Waals surface area contributed by atoms with Crippen LogP contribution in [0, 0.1) is 5.92 Å². The SMILES string of the molecule is O=C(NCc1cccnc1)[C@H]1CCCN(c2nccnc2Sc2ccccc2)C1. The molecule has 4 rings (SSSR count). The molecule has 0 unspecified atom stereocenters. The Morgan fingerprint density at radius 1 is 1.10 bits per heavy atom. The summed E-state index contributed by atoms with van der Waals surface area (Å²) in [6.07, 6.45) is 8.79. The highest BCUT2D eigenvalue weighted by Gasteiger charge is 2.28. The minimum atomic E-state index is -0.0583. The molecule has 1 aliphatic rings. The molecule has 148 valence electrons. The average molecular weight is 406 g/mol. The molecule has 3 aromatic rings. The third-order valence-corrected chi connectivity index (χ3v) is 5.87. The molecule has 6 nitrogen and oxygen atoms in total. The smallest absolute Gasteiger partial charge is 0.225 e. The summed E-state index contributed by atoms with van der Waals surface area (Å²) in [5.41, 5.74) is 1.00. The van der Waals surface area contributed by atoms with Crippen LogP contribution in [0.5, 0.6) is 0 Å². The highest BCUT2D eigenvalue weighted by molar-refractivity contribution is 7.99. The van der Waals surface area contributed by atoms with Gasteiger partial charge in [-0.15, -0.1) is 0 Å². The monoisotopic (exact) mass is 405 g/mol. The number of nitrogens with zero attached hydrogens (tertiary/aromatic N) is 4. The van der Waals surface area contributed by atoms with E-state index < -0.39 is 0 Å². The number of carbonyl (C=O) groups excluding carboxylic acids is 1. The van der Waals surface area contributed by atoms with Gasteiger partial charge in [0, 0.05) is 49.3 Å². The van der Waals surface area contributed by atoms with Crippen LogP contribution in [0.3, 0.4) is 0 Å². The molecule has 1 aliphatic heterocycles. The molecule has 1 N–H and O–H groups in total. The van der Waals surface area contributed by atoms with Gasteiger partial charge in [0.15, 0.2) is 5.82 Å². The molecule has 3 heterocycles. The van der Waals surface area contributed by atoms with Crippen LogP contribution in [-0.2, 0) is 11.3 Å². The van der Waals surface area contributed by atoms with Gasteiger partial charge in [-0.3, -0.25) is 9.78 Å². The van der Waals surface area contributed by atoms with Gasteiger partial charge in [-0.2, -0.15) is 0 Å². The molecule has 0 saturated carbocycles. The highest BCUT2D eigenvalue weighted by atomic mass is 32.2. The zero-order chi connectivity index (χ0) is 19.9. The number of hydrogen-bond acceptors (Lipinski definition) is 6. The molecule has 0 radical (unpaired) electrons. The molecule has 29 heavy (non-hydrogen) atoms. The fourth-order valence-corrected chi connectivity index (χ4v) is 4.33. The first-order chi connectivity index (χ1) is 14.3. The van der Waals surface area contributed by atoms with E-state index in [4.69, 9.17) is 0 Å². The molecule has 0 bridgehead atoms. The predicted octanol–water partition coefficient (Wildman–Crippen LogP) is 3.56. The van der Waals surface area contributed by atoms with Gasteiger partial charge in [0.1, 0.15) is 5.03 Å². The van der Waals surface area contributed by atoms with Crippen molar-refractivity contribution in [2.45, 2.75) is 29.3 Å². The first-order valence-corrected chi connectivity index (χ1v) is 10.6. The lowest BCUT2D eigenvalue weighted by atomic mass is 9.97. The Morgan fingerprint density at radius 3 is 2.79 bits per heavy atom. The molecule has 7 heteroatoms. The minimum Gasteiger partial charge on any atom is -0.354 e. The number of pyridine rings is 1. The van der Waals surface area contributed by atoms with Crippen LogP contribution in [0.15, 0.2) is 77.2 Å². The topological polar surface area (TPSA) is 71.0 Å². The standard InChI is InChI=1S/C22H23N5OS/c28-21(26-15-17-6-4-10-23-14-17)18-7-5-13-27(16-18)20-22(25-12-11-24-20)29-19-8-2-1-3-9-19/h1-4,6,8-12,14,18H,5,7,13,15-16H2,(H,26,28)/t18-/m0/s1. The van der Waals surface area contributed by atoms with Crippen molar-refractivity contribution in [3.63, 3.8) is 0 Å². The van der Waals surface area contributed by atoms with Crippen molar-refractivity contribution in [3.05, 3.63) is 72.8 Å². The van der Waals surface area contributed by atoms with Gasteiger partial charge in [-0.25, -0.2) is 9.97 Å². The summed E-state index contributed by atoms with van der Waals surface area (Å²) in [6.45, 7) is 2.04. The fourth-order valence-electron chi connectivity index (χ4n) is 3.43. The van der Waals surface area contributed by atoms with Gasteiger partial charge < -0.3 is 10.2 Å². The summed E-state index contributed by atoms with van der Waals surface area (Å²) in [6, 6.07) is 14.0. The van der Waals surface area contributed by atoms with E-state index in [9.17, 15) is 4.79 Å². The van der Waals surface area contributed by atoms with E-state index in [0.717, 1.165) is 40.7 Å². The summed E-state index contributed by atoms with van der Waals surface area (Å²) in [7, 11) is 0. The third-order valence-electron chi connectivity index (χ3n) is 4.89. The lowest BCUT2D eigenvalue weighted by Gasteiger charge is -2.33. The molecule has 1 amide bonds. The van der Waals surface area contributed by atoms with Crippen LogP contribution in [-0.4, -0.2) is 33.9 Å². The quantitative estimate of drug-likeness (QED) is 0.676. The molecule has 1 fully saturated rings. The summed E-state index contributed by atoms with van der Waals surface area (Å²) in [4.78, 5) is 29.3. The third kappa shape index (κ3) is 5.12. The first kappa shape index (κ1) is 19.4. The van der Waals surface area contributed by atoms with Crippen molar-refractivity contribution < 1.29 is 4.79 Å². The van der Waals surface area contributed by atoms with Crippen molar-refractivity contribution in [1.82, 2.24) is 20.3 Å². The Balaban J connectivity index is 1.42. The van der Waals surface area contributed by atoms with Crippen molar-refractivity contribution >= 4 is 23.5 Å². The van der Waals surface area contributed by atoms with Crippen LogP contribution < -0.4 is 10.2 Å². The molecule has 0 spiro atoms. The summed E-state index contributed by atoms with van der Waals surface area (Å²) in [5.74, 6) is 0.878. The van der Waals surface area contributed by atoms with E-state index in [-0.39, 0.29) is 11.8 Å². The second-order valence-corrected chi connectivity index (χ2v) is 8.03. The molecule has 1 saturated heterocycles.